The molecule has 1 aliphatic carbocycles. The number of benzene rings is 1. The van der Waals surface area contributed by atoms with E-state index < -0.39 is 0 Å². The Labute approximate surface area is 168 Å². The number of esters is 1. The van der Waals surface area contributed by atoms with Gasteiger partial charge in [-0.2, -0.15) is 0 Å². The molecule has 0 atom stereocenters. The van der Waals surface area contributed by atoms with Crippen molar-refractivity contribution in [2.24, 2.45) is 0 Å². The molecule has 0 amide bonds. The van der Waals surface area contributed by atoms with Gasteiger partial charge in [0.25, 0.3) is 0 Å². The summed E-state index contributed by atoms with van der Waals surface area (Å²) >= 11 is 11.4. The number of hydrogen-bond acceptors (Lipinski definition) is 6. The molecule has 0 aliphatic heterocycles. The molecule has 0 bridgehead atoms. The Hall–Kier alpha value is -2.19. The molecular weight excluding hydrogens is 388 g/mol. The number of halogens is 1. The average molecular weight is 409 g/mol. The maximum Gasteiger partial charge on any atom is 0.305 e. The summed E-state index contributed by atoms with van der Waals surface area (Å²) in [6.45, 7) is 1.06. The minimum absolute atomic E-state index is 0.220. The molecule has 1 heterocycles. The molecule has 0 radical (unpaired) electrons. The van der Waals surface area contributed by atoms with Crippen molar-refractivity contribution in [2.45, 2.75) is 38.3 Å². The molecule has 0 saturated heterocycles. The van der Waals surface area contributed by atoms with Crippen LogP contribution in [0.3, 0.4) is 0 Å². The number of ether oxygens (including phenoxy) is 1. The molecule has 144 valence electrons. The van der Waals surface area contributed by atoms with E-state index in [0.29, 0.717) is 53.9 Å². The molecule has 1 aromatic heterocycles. The smallest absolute Gasteiger partial charge is 0.305 e. The zero-order valence-corrected chi connectivity index (χ0v) is 16.6. The van der Waals surface area contributed by atoms with Crippen LogP contribution in [-0.4, -0.2) is 45.9 Å². The fourth-order valence-corrected chi connectivity index (χ4v) is 3.00. The first kappa shape index (κ1) is 19.6. The molecule has 1 fully saturated rings. The van der Waals surface area contributed by atoms with E-state index in [9.17, 15) is 4.79 Å². The topological polar surface area (TPSA) is 80.5 Å². The van der Waals surface area contributed by atoms with E-state index in [4.69, 9.17) is 28.2 Å². The second-order valence-corrected chi connectivity index (χ2v) is 7.10. The van der Waals surface area contributed by atoms with E-state index in [0.717, 1.165) is 18.4 Å². The van der Waals surface area contributed by atoms with Crippen LogP contribution in [0.25, 0.3) is 11.5 Å². The number of carbonyl (C=O) groups is 1. The number of nitrogens with one attached hydrogen (secondary N) is 1. The summed E-state index contributed by atoms with van der Waals surface area (Å²) < 4.78 is 10.4. The number of nitrogens with zero attached hydrogens (tertiary/aromatic N) is 3. The van der Waals surface area contributed by atoms with Gasteiger partial charge in [-0.3, -0.25) is 4.79 Å². The van der Waals surface area contributed by atoms with Gasteiger partial charge in [0.1, 0.15) is 0 Å². The van der Waals surface area contributed by atoms with Crippen LogP contribution in [0.2, 0.25) is 5.02 Å². The maximum atomic E-state index is 11.2. The van der Waals surface area contributed by atoms with E-state index in [1.807, 2.05) is 12.1 Å². The summed E-state index contributed by atoms with van der Waals surface area (Å²) in [6.07, 6.45) is 3.20. The SMILES string of the molecule is COC(=O)CCCNC(=S)N(Cc1nnc(-c2ccc(Cl)cc2)o1)C1CC1. The van der Waals surface area contributed by atoms with E-state index in [1.54, 1.807) is 12.1 Å². The summed E-state index contributed by atoms with van der Waals surface area (Å²) in [4.78, 5) is 13.2. The molecule has 3 rings (SSSR count). The first-order valence-corrected chi connectivity index (χ1v) is 9.55. The molecular formula is C18H21ClN4O3S. The Morgan fingerprint density at radius 1 is 1.37 bits per heavy atom. The van der Waals surface area contributed by atoms with Gasteiger partial charge in [0.15, 0.2) is 5.11 Å². The van der Waals surface area contributed by atoms with E-state index in [2.05, 4.69) is 25.2 Å². The Morgan fingerprint density at radius 3 is 2.78 bits per heavy atom. The highest BCUT2D eigenvalue weighted by Crippen LogP contribution is 2.29. The number of thiocarbonyl (C=S) groups is 1. The van der Waals surface area contributed by atoms with Crippen molar-refractivity contribution < 1.29 is 13.9 Å². The van der Waals surface area contributed by atoms with E-state index in [1.165, 1.54) is 7.11 Å². The molecule has 2 aromatic rings. The molecule has 0 spiro atoms. The van der Waals surface area contributed by atoms with Crippen LogP contribution in [0, 0.1) is 0 Å². The zero-order valence-electron chi connectivity index (χ0n) is 15.0. The maximum absolute atomic E-state index is 11.2. The number of hydrogen-bond donors (Lipinski definition) is 1. The van der Waals surface area contributed by atoms with Crippen molar-refractivity contribution in [3.63, 3.8) is 0 Å². The standard InChI is InChI=1S/C18H21ClN4O3S/c1-25-16(24)3-2-10-20-18(27)23(14-8-9-14)11-15-21-22-17(26-15)12-4-6-13(19)7-5-12/h4-7,14H,2-3,8-11H2,1H3,(H,20,27). The van der Waals surface area contributed by atoms with Gasteiger partial charge in [-0.1, -0.05) is 11.6 Å². The fourth-order valence-electron chi connectivity index (χ4n) is 2.56. The van der Waals surface area contributed by atoms with E-state index >= 15 is 0 Å². The average Bonchev–Trinajstić information content (AvgIpc) is 3.41. The van der Waals surface area contributed by atoms with Crippen LogP contribution < -0.4 is 5.32 Å². The lowest BCUT2D eigenvalue weighted by Gasteiger charge is -2.24. The lowest BCUT2D eigenvalue weighted by molar-refractivity contribution is -0.140. The third-order valence-electron chi connectivity index (χ3n) is 4.17. The van der Waals surface area contributed by atoms with Crippen LogP contribution >= 0.6 is 23.8 Å². The van der Waals surface area contributed by atoms with Gasteiger partial charge in [0.05, 0.1) is 13.7 Å². The Kier molecular flexibility index (Phi) is 6.63. The Balaban J connectivity index is 1.56. The summed E-state index contributed by atoms with van der Waals surface area (Å²) in [7, 11) is 1.39. The van der Waals surface area contributed by atoms with Gasteiger partial charge in [-0.05, 0) is 55.7 Å². The number of rotatable bonds is 8. The number of carbonyl (C=O) groups excluding carboxylic acids is 1. The quantitative estimate of drug-likeness (QED) is 0.405. The highest BCUT2D eigenvalue weighted by atomic mass is 35.5. The molecule has 1 N–H and O–H groups in total. The van der Waals surface area contributed by atoms with Crippen LogP contribution in [0.15, 0.2) is 28.7 Å². The normalized spacial score (nSPS) is 13.3. The molecule has 1 saturated carbocycles. The number of aromatic nitrogens is 2. The monoisotopic (exact) mass is 408 g/mol. The summed E-state index contributed by atoms with van der Waals surface area (Å²) in [6, 6.07) is 7.63. The lowest BCUT2D eigenvalue weighted by atomic mass is 10.2. The number of methoxy groups -OCH3 is 1. The second-order valence-electron chi connectivity index (χ2n) is 6.28. The molecule has 27 heavy (non-hydrogen) atoms. The van der Waals surface area contributed by atoms with E-state index in [-0.39, 0.29) is 5.97 Å². The van der Waals surface area contributed by atoms with Gasteiger partial charge in [-0.25, -0.2) is 0 Å². The Bertz CT molecular complexity index is 792. The predicted molar refractivity (Wildman–Crippen MR) is 105 cm³/mol. The van der Waals surface area contributed by atoms with Crippen LogP contribution in [0.4, 0.5) is 0 Å². The third kappa shape index (κ3) is 5.64. The van der Waals surface area contributed by atoms with Gasteiger partial charge in [-0.15, -0.1) is 10.2 Å². The zero-order chi connectivity index (χ0) is 19.2. The van der Waals surface area contributed by atoms with Gasteiger partial charge < -0.3 is 19.4 Å². The van der Waals surface area contributed by atoms with Crippen molar-refractivity contribution in [1.82, 2.24) is 20.4 Å². The third-order valence-corrected chi connectivity index (χ3v) is 4.80. The van der Waals surface area contributed by atoms with Gasteiger partial charge >= 0.3 is 5.97 Å². The molecule has 0 unspecified atom stereocenters. The van der Waals surface area contributed by atoms with Crippen LogP contribution in [0.1, 0.15) is 31.6 Å². The lowest BCUT2D eigenvalue weighted by Crippen LogP contribution is -2.41. The molecule has 9 heteroatoms. The predicted octanol–water partition coefficient (Wildman–Crippen LogP) is 3.18. The largest absolute Gasteiger partial charge is 0.469 e. The molecule has 7 nitrogen and oxygen atoms in total. The van der Waals surface area contributed by atoms with Crippen LogP contribution in [-0.2, 0) is 16.1 Å². The van der Waals surface area contributed by atoms with Gasteiger partial charge in [0.2, 0.25) is 11.8 Å². The van der Waals surface area contributed by atoms with Crippen molar-refractivity contribution in [3.8, 4) is 11.5 Å². The summed E-state index contributed by atoms with van der Waals surface area (Å²) in [5.41, 5.74) is 0.819. The highest BCUT2D eigenvalue weighted by molar-refractivity contribution is 7.80. The summed E-state index contributed by atoms with van der Waals surface area (Å²) in [5.74, 6) is 0.738. The first-order chi connectivity index (χ1) is 13.1. The van der Waals surface area contributed by atoms with Crippen molar-refractivity contribution in [2.75, 3.05) is 13.7 Å². The summed E-state index contributed by atoms with van der Waals surface area (Å²) in [5, 5.41) is 12.7. The van der Waals surface area contributed by atoms with Crippen molar-refractivity contribution in [1.29, 1.82) is 0 Å². The van der Waals surface area contributed by atoms with Crippen molar-refractivity contribution >= 4 is 34.9 Å². The molecule has 1 aromatic carbocycles. The minimum atomic E-state index is -0.220. The first-order valence-electron chi connectivity index (χ1n) is 8.76. The fraction of sp³-hybridized carbons (Fsp3) is 0.444. The van der Waals surface area contributed by atoms with Crippen molar-refractivity contribution in [3.05, 3.63) is 35.2 Å². The Morgan fingerprint density at radius 2 is 2.11 bits per heavy atom. The highest BCUT2D eigenvalue weighted by Gasteiger charge is 2.32. The second kappa shape index (κ2) is 9.14. The van der Waals surface area contributed by atoms with Gasteiger partial charge in [0, 0.05) is 29.6 Å². The molecule has 1 aliphatic rings. The minimum Gasteiger partial charge on any atom is -0.469 e. The van der Waals surface area contributed by atoms with Crippen LogP contribution in [0.5, 0.6) is 0 Å².